The van der Waals surface area contributed by atoms with Crippen LogP contribution in [0.25, 0.3) is 0 Å². The van der Waals surface area contributed by atoms with Gasteiger partial charge in [-0.2, -0.15) is 0 Å². The maximum Gasteiger partial charge on any atom is 0.409 e. The fraction of sp³-hybridized carbons (Fsp3) is 0.909. The van der Waals surface area contributed by atoms with E-state index in [1.165, 1.54) is 25.7 Å². The second-order valence-electron chi connectivity index (χ2n) is 9.64. The summed E-state index contributed by atoms with van der Waals surface area (Å²) in [6.07, 6.45) is 8.63. The maximum atomic E-state index is 12.4. The van der Waals surface area contributed by atoms with E-state index in [-0.39, 0.29) is 12.0 Å². The third kappa shape index (κ3) is 4.26. The highest BCUT2D eigenvalue weighted by atomic mass is 16.6. The number of nitrogens with zero attached hydrogens (tertiary/aromatic N) is 3. The smallest absolute Gasteiger partial charge is 0.409 e. The number of carbonyl (C=O) groups is 2. The average molecular weight is 407 g/mol. The lowest BCUT2D eigenvalue weighted by molar-refractivity contribution is -0.133. The number of piperidine rings is 1. The molecule has 2 N–H and O–H groups in total. The van der Waals surface area contributed by atoms with E-state index < -0.39 is 0 Å². The predicted octanol–water partition coefficient (Wildman–Crippen LogP) is 2.05. The molecule has 0 aromatic carbocycles. The molecule has 1 saturated carbocycles. The zero-order valence-corrected chi connectivity index (χ0v) is 18.0. The number of ether oxygens (including phenoxy) is 1. The molecule has 29 heavy (non-hydrogen) atoms. The van der Waals surface area contributed by atoms with Crippen molar-refractivity contribution < 1.29 is 14.3 Å². The summed E-state index contributed by atoms with van der Waals surface area (Å²) in [6.45, 7) is 7.73. The van der Waals surface area contributed by atoms with Crippen molar-refractivity contribution in [2.75, 3.05) is 45.9 Å². The molecular formula is C22H38N4O3. The van der Waals surface area contributed by atoms with Gasteiger partial charge in [0.25, 0.3) is 0 Å². The summed E-state index contributed by atoms with van der Waals surface area (Å²) in [5, 5.41) is 0. The van der Waals surface area contributed by atoms with Gasteiger partial charge in [-0.1, -0.05) is 0 Å². The summed E-state index contributed by atoms with van der Waals surface area (Å²) in [6, 6.07) is 1.12. The Kier molecular flexibility index (Phi) is 6.35. The van der Waals surface area contributed by atoms with Crippen LogP contribution in [0.3, 0.4) is 0 Å². The Bertz CT molecular complexity index is 599. The molecule has 2 amide bonds. The van der Waals surface area contributed by atoms with Crippen molar-refractivity contribution in [3.05, 3.63) is 0 Å². The summed E-state index contributed by atoms with van der Waals surface area (Å²) in [4.78, 5) is 31.1. The molecule has 0 aromatic rings. The van der Waals surface area contributed by atoms with Crippen molar-refractivity contribution in [2.45, 2.75) is 70.4 Å². The minimum absolute atomic E-state index is 0.140. The Morgan fingerprint density at radius 2 is 1.86 bits per heavy atom. The normalized spacial score (nSPS) is 33.3. The molecule has 3 aliphatic heterocycles. The van der Waals surface area contributed by atoms with Gasteiger partial charge in [0.2, 0.25) is 5.91 Å². The summed E-state index contributed by atoms with van der Waals surface area (Å²) < 4.78 is 5.17. The van der Waals surface area contributed by atoms with Crippen molar-refractivity contribution in [1.29, 1.82) is 0 Å². The fourth-order valence-corrected chi connectivity index (χ4v) is 6.37. The Hall–Kier alpha value is -1.34. The van der Waals surface area contributed by atoms with E-state index in [0.29, 0.717) is 43.0 Å². The molecule has 3 saturated heterocycles. The first-order valence-electron chi connectivity index (χ1n) is 11.7. The third-order valence-electron chi connectivity index (χ3n) is 7.91. The van der Waals surface area contributed by atoms with E-state index in [1.807, 2.05) is 11.8 Å². The standard InChI is InChI=1S/C22H38N4O3/c1-2-29-21(28)25-13-8-22(16-25)14-18(15-22)24-11-6-17(7-12-24)19-4-3-10-26(19)20(27)5-9-23/h17-19H,2-16,23H2,1H3. The average Bonchev–Trinajstić information content (AvgIpc) is 3.35. The molecule has 0 aromatic heterocycles. The van der Waals surface area contributed by atoms with Crippen molar-refractivity contribution in [1.82, 2.24) is 14.7 Å². The zero-order chi connectivity index (χ0) is 20.4. The molecule has 1 atom stereocenters. The Morgan fingerprint density at radius 1 is 1.10 bits per heavy atom. The van der Waals surface area contributed by atoms with Crippen LogP contribution in [0.4, 0.5) is 4.79 Å². The number of rotatable bonds is 5. The fourth-order valence-electron chi connectivity index (χ4n) is 6.37. The number of nitrogens with two attached hydrogens (primary N) is 1. The van der Waals surface area contributed by atoms with E-state index in [4.69, 9.17) is 10.5 Å². The second kappa shape index (κ2) is 8.80. The molecule has 1 spiro atoms. The minimum atomic E-state index is -0.140. The molecule has 0 radical (unpaired) electrons. The van der Waals surface area contributed by atoms with Crippen LogP contribution in [0.15, 0.2) is 0 Å². The van der Waals surface area contributed by atoms with Gasteiger partial charge >= 0.3 is 6.09 Å². The van der Waals surface area contributed by atoms with Crippen LogP contribution < -0.4 is 5.73 Å². The van der Waals surface area contributed by atoms with Gasteiger partial charge in [0.15, 0.2) is 0 Å². The number of hydrogen-bond donors (Lipinski definition) is 1. The highest BCUT2D eigenvalue weighted by molar-refractivity contribution is 5.77. The van der Waals surface area contributed by atoms with Crippen molar-refractivity contribution in [2.24, 2.45) is 17.1 Å². The molecule has 4 fully saturated rings. The van der Waals surface area contributed by atoms with Crippen LogP contribution in [-0.2, 0) is 9.53 Å². The second-order valence-corrected chi connectivity index (χ2v) is 9.64. The van der Waals surface area contributed by atoms with E-state index in [0.717, 1.165) is 52.0 Å². The molecule has 1 aliphatic carbocycles. The lowest BCUT2D eigenvalue weighted by Gasteiger charge is -2.52. The summed E-state index contributed by atoms with van der Waals surface area (Å²) in [5.74, 6) is 0.904. The highest BCUT2D eigenvalue weighted by Gasteiger charge is 2.51. The molecule has 7 nitrogen and oxygen atoms in total. The van der Waals surface area contributed by atoms with E-state index in [9.17, 15) is 9.59 Å². The molecule has 164 valence electrons. The van der Waals surface area contributed by atoms with Gasteiger partial charge in [-0.25, -0.2) is 4.79 Å². The maximum absolute atomic E-state index is 12.4. The van der Waals surface area contributed by atoms with Crippen molar-refractivity contribution in [3.8, 4) is 0 Å². The number of amides is 2. The first-order chi connectivity index (χ1) is 14.0. The first kappa shape index (κ1) is 20.9. The molecule has 0 bridgehead atoms. The first-order valence-corrected chi connectivity index (χ1v) is 11.7. The lowest BCUT2D eigenvalue weighted by Crippen LogP contribution is -2.55. The van der Waals surface area contributed by atoms with Crippen LogP contribution in [0.5, 0.6) is 0 Å². The molecule has 3 heterocycles. The minimum Gasteiger partial charge on any atom is -0.450 e. The number of carbonyl (C=O) groups excluding carboxylic acids is 2. The van der Waals surface area contributed by atoms with E-state index >= 15 is 0 Å². The zero-order valence-electron chi connectivity index (χ0n) is 18.0. The Balaban J connectivity index is 1.22. The molecule has 7 heteroatoms. The molecule has 4 aliphatic rings. The monoisotopic (exact) mass is 406 g/mol. The van der Waals surface area contributed by atoms with Gasteiger partial charge in [-0.05, 0) is 76.3 Å². The third-order valence-corrected chi connectivity index (χ3v) is 7.91. The topological polar surface area (TPSA) is 79.1 Å². The van der Waals surface area contributed by atoms with Gasteiger partial charge in [0.1, 0.15) is 0 Å². The predicted molar refractivity (Wildman–Crippen MR) is 111 cm³/mol. The summed E-state index contributed by atoms with van der Waals surface area (Å²) in [7, 11) is 0. The Morgan fingerprint density at radius 3 is 2.55 bits per heavy atom. The van der Waals surface area contributed by atoms with Gasteiger partial charge in [-0.15, -0.1) is 0 Å². The molecule has 4 rings (SSSR count). The van der Waals surface area contributed by atoms with Crippen molar-refractivity contribution >= 4 is 12.0 Å². The van der Waals surface area contributed by atoms with Gasteiger partial charge in [-0.3, -0.25) is 4.79 Å². The number of hydrogen-bond acceptors (Lipinski definition) is 5. The lowest BCUT2D eigenvalue weighted by atomic mass is 9.64. The Labute approximate surface area is 174 Å². The highest BCUT2D eigenvalue weighted by Crippen LogP contribution is 2.51. The summed E-state index contributed by atoms with van der Waals surface area (Å²) >= 11 is 0. The van der Waals surface area contributed by atoms with Crippen LogP contribution >= 0.6 is 0 Å². The van der Waals surface area contributed by atoms with Gasteiger partial charge in [0.05, 0.1) is 6.61 Å². The SMILES string of the molecule is CCOC(=O)N1CCC2(CC(N3CCC(C4CCCN4C(=O)CCN)CC3)C2)C1. The molecular weight excluding hydrogens is 368 g/mol. The molecule has 1 unspecified atom stereocenters. The van der Waals surface area contributed by atoms with Crippen LogP contribution in [0, 0.1) is 11.3 Å². The summed E-state index contributed by atoms with van der Waals surface area (Å²) in [5.41, 5.74) is 5.94. The largest absolute Gasteiger partial charge is 0.450 e. The van der Waals surface area contributed by atoms with Crippen LogP contribution in [0.1, 0.15) is 58.3 Å². The van der Waals surface area contributed by atoms with Gasteiger partial charge < -0.3 is 25.2 Å². The van der Waals surface area contributed by atoms with Crippen LogP contribution in [0.2, 0.25) is 0 Å². The van der Waals surface area contributed by atoms with E-state index in [2.05, 4.69) is 9.80 Å². The van der Waals surface area contributed by atoms with Crippen LogP contribution in [-0.4, -0.2) is 84.7 Å². The van der Waals surface area contributed by atoms with Crippen molar-refractivity contribution in [3.63, 3.8) is 0 Å². The van der Waals surface area contributed by atoms with E-state index in [1.54, 1.807) is 0 Å². The number of likely N-dealkylation sites (tertiary alicyclic amines) is 3. The quantitative estimate of drug-likeness (QED) is 0.756. The van der Waals surface area contributed by atoms with Gasteiger partial charge in [0, 0.05) is 44.7 Å².